The van der Waals surface area contributed by atoms with Gasteiger partial charge in [-0.2, -0.15) is 0 Å². The van der Waals surface area contributed by atoms with Crippen molar-refractivity contribution < 1.29 is 9.53 Å². The van der Waals surface area contributed by atoms with Gasteiger partial charge in [-0.05, 0) is 30.2 Å². The molecule has 82 valence electrons. The first-order valence-electron chi connectivity index (χ1n) is 5.16. The van der Waals surface area contributed by atoms with E-state index in [9.17, 15) is 4.79 Å². The van der Waals surface area contributed by atoms with E-state index in [0.717, 1.165) is 6.42 Å². The normalized spacial score (nSPS) is 12.1. The van der Waals surface area contributed by atoms with Gasteiger partial charge in [0.2, 0.25) is 0 Å². The summed E-state index contributed by atoms with van der Waals surface area (Å²) in [6.07, 6.45) is 1.01. The van der Waals surface area contributed by atoms with Crippen LogP contribution < -0.4 is 5.73 Å². The third-order valence-corrected chi connectivity index (χ3v) is 2.34. The Bertz CT molecular complexity index is 319. The summed E-state index contributed by atoms with van der Waals surface area (Å²) in [6, 6.07) is 6.74. The molecule has 0 spiro atoms. The SMILES string of the molecule is CC[C@@H](C)COC(=O)c1ccc(N)cc1. The number of anilines is 1. The molecular formula is C12H17NO2. The second kappa shape index (κ2) is 5.39. The fourth-order valence-corrected chi connectivity index (χ4v) is 1.04. The van der Waals surface area contributed by atoms with E-state index in [-0.39, 0.29) is 5.97 Å². The second-order valence-corrected chi connectivity index (χ2v) is 3.73. The fraction of sp³-hybridized carbons (Fsp3) is 0.417. The van der Waals surface area contributed by atoms with Crippen molar-refractivity contribution in [2.75, 3.05) is 12.3 Å². The zero-order valence-electron chi connectivity index (χ0n) is 9.19. The number of hydrogen-bond donors (Lipinski definition) is 1. The molecule has 0 aliphatic heterocycles. The molecular weight excluding hydrogens is 190 g/mol. The third kappa shape index (κ3) is 3.62. The smallest absolute Gasteiger partial charge is 0.338 e. The van der Waals surface area contributed by atoms with E-state index in [1.807, 2.05) is 0 Å². The molecule has 1 aromatic rings. The van der Waals surface area contributed by atoms with Crippen LogP contribution in [-0.2, 0) is 4.74 Å². The van der Waals surface area contributed by atoms with Gasteiger partial charge in [0.15, 0.2) is 0 Å². The highest BCUT2D eigenvalue weighted by Gasteiger charge is 2.08. The summed E-state index contributed by atoms with van der Waals surface area (Å²) in [7, 11) is 0. The first kappa shape index (κ1) is 11.6. The topological polar surface area (TPSA) is 52.3 Å². The number of nitrogen functional groups attached to an aromatic ring is 1. The van der Waals surface area contributed by atoms with Crippen LogP contribution in [0.4, 0.5) is 5.69 Å². The molecule has 15 heavy (non-hydrogen) atoms. The van der Waals surface area contributed by atoms with Crippen molar-refractivity contribution in [1.82, 2.24) is 0 Å². The first-order chi connectivity index (χ1) is 7.13. The van der Waals surface area contributed by atoms with Gasteiger partial charge in [0, 0.05) is 5.69 Å². The lowest BCUT2D eigenvalue weighted by atomic mass is 10.1. The van der Waals surface area contributed by atoms with E-state index in [2.05, 4.69) is 13.8 Å². The largest absolute Gasteiger partial charge is 0.462 e. The molecule has 0 aliphatic rings. The Labute approximate surface area is 90.2 Å². The van der Waals surface area contributed by atoms with Crippen LogP contribution in [0.2, 0.25) is 0 Å². The minimum Gasteiger partial charge on any atom is -0.462 e. The monoisotopic (exact) mass is 207 g/mol. The summed E-state index contributed by atoms with van der Waals surface area (Å²) in [6.45, 7) is 4.59. The minimum absolute atomic E-state index is 0.282. The zero-order valence-corrected chi connectivity index (χ0v) is 9.19. The van der Waals surface area contributed by atoms with Gasteiger partial charge in [0.1, 0.15) is 0 Å². The Morgan fingerprint density at radius 3 is 2.53 bits per heavy atom. The number of carbonyl (C=O) groups excluding carboxylic acids is 1. The molecule has 0 aromatic heterocycles. The van der Waals surface area contributed by atoms with Gasteiger partial charge in [-0.15, -0.1) is 0 Å². The number of esters is 1. The maximum Gasteiger partial charge on any atom is 0.338 e. The van der Waals surface area contributed by atoms with Crippen molar-refractivity contribution in [3.8, 4) is 0 Å². The van der Waals surface area contributed by atoms with E-state index in [1.165, 1.54) is 0 Å². The molecule has 3 nitrogen and oxygen atoms in total. The van der Waals surface area contributed by atoms with Gasteiger partial charge in [-0.3, -0.25) is 0 Å². The molecule has 1 rings (SSSR count). The summed E-state index contributed by atoms with van der Waals surface area (Å²) in [5.41, 5.74) is 6.71. The average molecular weight is 207 g/mol. The summed E-state index contributed by atoms with van der Waals surface area (Å²) in [4.78, 5) is 11.5. The molecule has 0 heterocycles. The lowest BCUT2D eigenvalue weighted by molar-refractivity contribution is 0.0447. The predicted octanol–water partition coefficient (Wildman–Crippen LogP) is 2.47. The minimum atomic E-state index is -0.282. The second-order valence-electron chi connectivity index (χ2n) is 3.73. The number of rotatable bonds is 4. The molecule has 1 atom stereocenters. The Morgan fingerprint density at radius 2 is 2.00 bits per heavy atom. The van der Waals surface area contributed by atoms with Gasteiger partial charge < -0.3 is 10.5 Å². The lowest BCUT2D eigenvalue weighted by Gasteiger charge is -2.09. The van der Waals surface area contributed by atoms with Gasteiger partial charge in [-0.1, -0.05) is 20.3 Å². The maximum absolute atomic E-state index is 11.5. The maximum atomic E-state index is 11.5. The van der Waals surface area contributed by atoms with E-state index < -0.39 is 0 Å². The van der Waals surface area contributed by atoms with Crippen molar-refractivity contribution in [1.29, 1.82) is 0 Å². The Morgan fingerprint density at radius 1 is 1.40 bits per heavy atom. The predicted molar refractivity (Wildman–Crippen MR) is 60.6 cm³/mol. The van der Waals surface area contributed by atoms with Crippen LogP contribution in [0.5, 0.6) is 0 Å². The quantitative estimate of drug-likeness (QED) is 0.609. The van der Waals surface area contributed by atoms with Gasteiger partial charge in [0.25, 0.3) is 0 Å². The standard InChI is InChI=1S/C12H17NO2/c1-3-9(2)8-15-12(14)10-4-6-11(13)7-5-10/h4-7,9H,3,8,13H2,1-2H3/t9-/m1/s1. The van der Waals surface area contributed by atoms with Crippen LogP contribution in [0.15, 0.2) is 24.3 Å². The average Bonchev–Trinajstić information content (AvgIpc) is 2.26. The molecule has 0 radical (unpaired) electrons. The van der Waals surface area contributed by atoms with Crippen LogP contribution in [-0.4, -0.2) is 12.6 Å². The lowest BCUT2D eigenvalue weighted by Crippen LogP contribution is -2.11. The van der Waals surface area contributed by atoms with Crippen molar-refractivity contribution in [2.45, 2.75) is 20.3 Å². The Kier molecular flexibility index (Phi) is 4.16. The first-order valence-corrected chi connectivity index (χ1v) is 5.16. The van der Waals surface area contributed by atoms with Crippen LogP contribution >= 0.6 is 0 Å². The number of carbonyl (C=O) groups is 1. The van der Waals surface area contributed by atoms with Gasteiger partial charge in [0.05, 0.1) is 12.2 Å². The number of ether oxygens (including phenoxy) is 1. The Hall–Kier alpha value is -1.51. The summed E-state index contributed by atoms with van der Waals surface area (Å²) < 4.78 is 5.14. The van der Waals surface area contributed by atoms with Crippen molar-refractivity contribution in [3.63, 3.8) is 0 Å². The Balaban J connectivity index is 2.50. The van der Waals surface area contributed by atoms with E-state index in [4.69, 9.17) is 10.5 Å². The summed E-state index contributed by atoms with van der Waals surface area (Å²) in [5, 5.41) is 0. The van der Waals surface area contributed by atoms with Crippen molar-refractivity contribution in [2.24, 2.45) is 5.92 Å². The molecule has 0 saturated heterocycles. The molecule has 0 saturated carbocycles. The van der Waals surface area contributed by atoms with Crippen molar-refractivity contribution >= 4 is 11.7 Å². The third-order valence-electron chi connectivity index (χ3n) is 2.34. The molecule has 0 fully saturated rings. The summed E-state index contributed by atoms with van der Waals surface area (Å²) in [5.74, 6) is 0.123. The van der Waals surface area contributed by atoms with Crippen LogP contribution in [0.25, 0.3) is 0 Å². The van der Waals surface area contributed by atoms with E-state index >= 15 is 0 Å². The highest BCUT2D eigenvalue weighted by atomic mass is 16.5. The van der Waals surface area contributed by atoms with Crippen LogP contribution in [0.3, 0.4) is 0 Å². The number of benzene rings is 1. The van der Waals surface area contributed by atoms with E-state index in [0.29, 0.717) is 23.8 Å². The molecule has 2 N–H and O–H groups in total. The fourth-order valence-electron chi connectivity index (χ4n) is 1.04. The van der Waals surface area contributed by atoms with Crippen LogP contribution in [0, 0.1) is 5.92 Å². The van der Waals surface area contributed by atoms with Gasteiger partial charge in [-0.25, -0.2) is 4.79 Å². The number of nitrogens with two attached hydrogens (primary N) is 1. The molecule has 3 heteroatoms. The molecule has 1 aromatic carbocycles. The van der Waals surface area contributed by atoms with E-state index in [1.54, 1.807) is 24.3 Å². The number of hydrogen-bond acceptors (Lipinski definition) is 3. The molecule has 0 aliphatic carbocycles. The molecule has 0 bridgehead atoms. The zero-order chi connectivity index (χ0) is 11.3. The van der Waals surface area contributed by atoms with Crippen LogP contribution in [0.1, 0.15) is 30.6 Å². The molecule has 0 unspecified atom stereocenters. The highest BCUT2D eigenvalue weighted by molar-refractivity contribution is 5.89. The summed E-state index contributed by atoms with van der Waals surface area (Å²) >= 11 is 0. The highest BCUT2D eigenvalue weighted by Crippen LogP contribution is 2.08. The molecule has 0 amide bonds. The van der Waals surface area contributed by atoms with Gasteiger partial charge >= 0.3 is 5.97 Å². The van der Waals surface area contributed by atoms with Crippen molar-refractivity contribution in [3.05, 3.63) is 29.8 Å².